The fourth-order valence-electron chi connectivity index (χ4n) is 2.44. The highest BCUT2D eigenvalue weighted by molar-refractivity contribution is 5.98. The van der Waals surface area contributed by atoms with Crippen molar-refractivity contribution in [3.63, 3.8) is 0 Å². The number of fused-ring (bicyclic) bond motifs is 1. The maximum Gasteiger partial charge on any atom is 0.254 e. The van der Waals surface area contributed by atoms with E-state index in [1.165, 1.54) is 11.1 Å². The lowest BCUT2D eigenvalue weighted by Crippen LogP contribution is -2.27. The number of carbonyl (C=O) groups excluding carboxylic acids is 1. The highest BCUT2D eigenvalue weighted by Crippen LogP contribution is 2.29. The van der Waals surface area contributed by atoms with Crippen LogP contribution in [0, 0.1) is 5.92 Å². The van der Waals surface area contributed by atoms with E-state index >= 15 is 0 Å². The van der Waals surface area contributed by atoms with Crippen LogP contribution < -0.4 is 0 Å². The van der Waals surface area contributed by atoms with Gasteiger partial charge in [-0.2, -0.15) is 0 Å². The molecule has 1 aliphatic heterocycles. The van der Waals surface area contributed by atoms with Crippen LogP contribution in [0.5, 0.6) is 0 Å². The summed E-state index contributed by atoms with van der Waals surface area (Å²) >= 11 is 0. The van der Waals surface area contributed by atoms with Gasteiger partial charge < -0.3 is 4.90 Å². The molecule has 2 heteroatoms. The first-order valence-corrected chi connectivity index (χ1v) is 6.71. The van der Waals surface area contributed by atoms with Crippen molar-refractivity contribution in [2.24, 2.45) is 5.92 Å². The van der Waals surface area contributed by atoms with Crippen molar-refractivity contribution in [1.82, 2.24) is 4.90 Å². The first kappa shape index (κ1) is 13.1. The van der Waals surface area contributed by atoms with Gasteiger partial charge in [-0.1, -0.05) is 46.8 Å². The van der Waals surface area contributed by atoms with Crippen molar-refractivity contribution in [2.45, 2.75) is 46.6 Å². The molecule has 0 aliphatic carbocycles. The minimum Gasteiger partial charge on any atom is -0.334 e. The summed E-state index contributed by atoms with van der Waals surface area (Å²) in [4.78, 5) is 14.2. The van der Waals surface area contributed by atoms with Crippen molar-refractivity contribution in [1.29, 1.82) is 0 Å². The molecule has 0 radical (unpaired) electrons. The fourth-order valence-corrected chi connectivity index (χ4v) is 2.44. The maximum atomic E-state index is 12.2. The third kappa shape index (κ3) is 2.43. The van der Waals surface area contributed by atoms with Gasteiger partial charge in [0.2, 0.25) is 0 Å². The van der Waals surface area contributed by atoms with Crippen LogP contribution in [-0.4, -0.2) is 17.4 Å². The van der Waals surface area contributed by atoms with E-state index in [0.717, 1.165) is 18.7 Å². The molecule has 0 spiro atoms. The smallest absolute Gasteiger partial charge is 0.254 e. The first-order chi connectivity index (χ1) is 8.29. The van der Waals surface area contributed by atoms with E-state index in [1.807, 2.05) is 11.0 Å². The van der Waals surface area contributed by atoms with Crippen molar-refractivity contribution in [3.05, 3.63) is 34.9 Å². The van der Waals surface area contributed by atoms with Crippen molar-refractivity contribution in [2.75, 3.05) is 6.54 Å². The lowest BCUT2D eigenvalue weighted by molar-refractivity contribution is 0.0760. The molecule has 0 saturated carbocycles. The number of nitrogens with zero attached hydrogens (tertiary/aromatic N) is 1. The van der Waals surface area contributed by atoms with E-state index in [9.17, 15) is 4.79 Å². The number of carbonyl (C=O) groups is 1. The second-order valence-corrected chi connectivity index (χ2v) is 6.70. The third-order valence-corrected chi connectivity index (χ3v) is 3.44. The molecular formula is C16H23NO. The van der Waals surface area contributed by atoms with E-state index in [-0.39, 0.29) is 11.3 Å². The monoisotopic (exact) mass is 245 g/mol. The Hall–Kier alpha value is -1.31. The zero-order valence-electron chi connectivity index (χ0n) is 12.1. The summed E-state index contributed by atoms with van der Waals surface area (Å²) in [6.45, 7) is 12.5. The molecule has 0 aromatic heterocycles. The van der Waals surface area contributed by atoms with E-state index in [1.54, 1.807) is 0 Å². The zero-order valence-corrected chi connectivity index (χ0v) is 12.1. The highest BCUT2D eigenvalue weighted by atomic mass is 16.2. The molecule has 0 unspecified atom stereocenters. The lowest BCUT2D eigenvalue weighted by atomic mass is 9.85. The second kappa shape index (κ2) is 4.42. The number of hydrogen-bond donors (Lipinski definition) is 0. The van der Waals surface area contributed by atoms with Gasteiger partial charge in [0.15, 0.2) is 0 Å². The Labute approximate surface area is 110 Å². The van der Waals surface area contributed by atoms with Crippen LogP contribution >= 0.6 is 0 Å². The van der Waals surface area contributed by atoms with Gasteiger partial charge in [0.05, 0.1) is 0 Å². The summed E-state index contributed by atoms with van der Waals surface area (Å²) in [5.74, 6) is 0.713. The van der Waals surface area contributed by atoms with Gasteiger partial charge in [0.1, 0.15) is 0 Å². The molecule has 0 fully saturated rings. The summed E-state index contributed by atoms with van der Waals surface area (Å²) in [6, 6.07) is 6.29. The van der Waals surface area contributed by atoms with Crippen LogP contribution in [0.4, 0.5) is 0 Å². The van der Waals surface area contributed by atoms with E-state index < -0.39 is 0 Å². The Kier molecular flexibility index (Phi) is 3.22. The van der Waals surface area contributed by atoms with Crippen LogP contribution in [0.1, 0.15) is 56.1 Å². The highest BCUT2D eigenvalue weighted by Gasteiger charge is 2.28. The molecule has 2 rings (SSSR count). The normalized spacial score (nSPS) is 15.4. The van der Waals surface area contributed by atoms with Gasteiger partial charge in [-0.05, 0) is 28.5 Å². The predicted molar refractivity (Wildman–Crippen MR) is 74.7 cm³/mol. The summed E-state index contributed by atoms with van der Waals surface area (Å²) in [5.41, 5.74) is 3.53. The third-order valence-electron chi connectivity index (χ3n) is 3.44. The minimum absolute atomic E-state index is 0.142. The molecule has 0 saturated heterocycles. The van der Waals surface area contributed by atoms with Gasteiger partial charge in [-0.3, -0.25) is 4.79 Å². The van der Waals surface area contributed by atoms with Gasteiger partial charge >= 0.3 is 0 Å². The molecule has 0 atom stereocenters. The largest absolute Gasteiger partial charge is 0.334 e. The first-order valence-electron chi connectivity index (χ1n) is 6.71. The molecule has 1 amide bonds. The van der Waals surface area contributed by atoms with Gasteiger partial charge in [-0.15, -0.1) is 0 Å². The molecule has 98 valence electrons. The predicted octanol–water partition coefficient (Wildman–Crippen LogP) is 3.60. The quantitative estimate of drug-likeness (QED) is 0.779. The Balaban J connectivity index is 2.29. The maximum absolute atomic E-state index is 12.2. The molecule has 1 heterocycles. The van der Waals surface area contributed by atoms with Crippen LogP contribution in [0.2, 0.25) is 0 Å². The Morgan fingerprint density at radius 2 is 1.94 bits per heavy atom. The van der Waals surface area contributed by atoms with Crippen molar-refractivity contribution in [3.8, 4) is 0 Å². The lowest BCUT2D eigenvalue weighted by Gasteiger charge is -2.19. The topological polar surface area (TPSA) is 20.3 Å². The second-order valence-electron chi connectivity index (χ2n) is 6.70. The minimum atomic E-state index is 0.142. The zero-order chi connectivity index (χ0) is 13.5. The van der Waals surface area contributed by atoms with Gasteiger partial charge in [-0.25, -0.2) is 0 Å². The summed E-state index contributed by atoms with van der Waals surface area (Å²) in [7, 11) is 0. The van der Waals surface area contributed by atoms with E-state index in [2.05, 4.69) is 46.8 Å². The van der Waals surface area contributed by atoms with Crippen LogP contribution in [0.3, 0.4) is 0 Å². The van der Waals surface area contributed by atoms with Crippen LogP contribution in [0.15, 0.2) is 18.2 Å². The summed E-state index contributed by atoms with van der Waals surface area (Å²) in [5, 5.41) is 0. The summed E-state index contributed by atoms with van der Waals surface area (Å²) in [6.07, 6.45) is 0. The van der Waals surface area contributed by atoms with Crippen LogP contribution in [-0.2, 0) is 12.0 Å². The van der Waals surface area contributed by atoms with Crippen molar-refractivity contribution >= 4 is 5.91 Å². The average molecular weight is 245 g/mol. The molecule has 18 heavy (non-hydrogen) atoms. The Bertz CT molecular complexity index is 468. The van der Waals surface area contributed by atoms with Gasteiger partial charge in [0.25, 0.3) is 5.91 Å². The Morgan fingerprint density at radius 1 is 1.28 bits per heavy atom. The molecule has 2 nitrogen and oxygen atoms in total. The number of amides is 1. The molecule has 1 aromatic rings. The summed E-state index contributed by atoms with van der Waals surface area (Å²) < 4.78 is 0. The van der Waals surface area contributed by atoms with E-state index in [4.69, 9.17) is 0 Å². The van der Waals surface area contributed by atoms with E-state index in [0.29, 0.717) is 5.92 Å². The number of benzene rings is 1. The Morgan fingerprint density at radius 3 is 2.50 bits per heavy atom. The molecule has 0 N–H and O–H groups in total. The van der Waals surface area contributed by atoms with Gasteiger partial charge in [0, 0.05) is 18.7 Å². The number of rotatable bonds is 2. The number of hydrogen-bond acceptors (Lipinski definition) is 1. The standard InChI is InChI=1S/C16H23NO/c1-11(2)9-17-10-12-8-13(16(3,4)5)6-7-14(12)15(17)18/h6-8,11H,9-10H2,1-5H3. The average Bonchev–Trinajstić information content (AvgIpc) is 2.53. The molecular weight excluding hydrogens is 222 g/mol. The molecule has 0 bridgehead atoms. The SMILES string of the molecule is CC(C)CN1Cc2cc(C(C)(C)C)ccc2C1=O. The molecule has 1 aliphatic rings. The van der Waals surface area contributed by atoms with Crippen LogP contribution in [0.25, 0.3) is 0 Å². The fraction of sp³-hybridized carbons (Fsp3) is 0.562. The van der Waals surface area contributed by atoms with Crippen molar-refractivity contribution < 1.29 is 4.79 Å². The molecule has 1 aromatic carbocycles.